The van der Waals surface area contributed by atoms with Crippen LogP contribution in [0.15, 0.2) is 24.5 Å². The number of aliphatic carboxylic acids is 1. The molecule has 0 fully saturated rings. The summed E-state index contributed by atoms with van der Waals surface area (Å²) in [5.74, 6) is -0.933. The molecular formula is C7H7IN2O2. The van der Waals surface area contributed by atoms with E-state index in [0.29, 0.717) is 6.54 Å². The molecule has 0 aliphatic carbocycles. The third-order valence-corrected chi connectivity index (χ3v) is 1.71. The molecule has 0 atom stereocenters. The van der Waals surface area contributed by atoms with E-state index in [1.54, 1.807) is 17.0 Å². The molecular weight excluding hydrogens is 271 g/mol. The van der Waals surface area contributed by atoms with E-state index < -0.39 is 5.97 Å². The number of rotatable bonds is 3. The van der Waals surface area contributed by atoms with Gasteiger partial charge in [-0.25, -0.2) is 4.79 Å². The van der Waals surface area contributed by atoms with E-state index in [2.05, 4.69) is 27.7 Å². The maximum atomic E-state index is 10.1. The maximum absolute atomic E-state index is 10.1. The average molecular weight is 278 g/mol. The Morgan fingerprint density at radius 1 is 1.83 bits per heavy atom. The molecule has 0 saturated heterocycles. The highest BCUT2D eigenvalue weighted by Gasteiger charge is 1.91. The molecule has 1 heterocycles. The van der Waals surface area contributed by atoms with Gasteiger partial charge in [0.2, 0.25) is 0 Å². The third kappa shape index (κ3) is 3.04. The Balaban J connectivity index is 2.48. The fraction of sp³-hybridized carbons (Fsp3) is 0.143. The minimum atomic E-state index is -0.933. The molecule has 0 saturated carbocycles. The van der Waals surface area contributed by atoms with Crippen molar-refractivity contribution >= 4 is 28.6 Å². The maximum Gasteiger partial charge on any atom is 0.328 e. The lowest BCUT2D eigenvalue weighted by Gasteiger charge is -1.91. The smallest absolute Gasteiger partial charge is 0.328 e. The second kappa shape index (κ2) is 4.24. The molecule has 1 aromatic rings. The molecule has 64 valence electrons. The molecule has 0 radical (unpaired) electrons. The molecule has 0 aliphatic heterocycles. The van der Waals surface area contributed by atoms with Crippen LogP contribution in [0.2, 0.25) is 0 Å². The number of carboxylic acid groups (broad SMARTS) is 1. The van der Waals surface area contributed by atoms with Crippen LogP contribution in [0.1, 0.15) is 0 Å². The molecule has 1 rings (SSSR count). The summed E-state index contributed by atoms with van der Waals surface area (Å²) in [6.07, 6.45) is 6.21. The minimum absolute atomic E-state index is 0.495. The number of nitrogens with zero attached hydrogens (tertiary/aromatic N) is 2. The number of hydrogen-bond donors (Lipinski definition) is 1. The lowest BCUT2D eigenvalue weighted by Crippen LogP contribution is -1.96. The summed E-state index contributed by atoms with van der Waals surface area (Å²) in [5, 5.41) is 12.3. The normalized spacial score (nSPS) is 10.8. The topological polar surface area (TPSA) is 55.1 Å². The number of allylic oxidation sites excluding steroid dienone is 1. The first-order valence-electron chi connectivity index (χ1n) is 3.26. The van der Waals surface area contributed by atoms with E-state index in [1.165, 1.54) is 0 Å². The predicted molar refractivity (Wildman–Crippen MR) is 51.7 cm³/mol. The Labute approximate surface area is 83.0 Å². The Bertz CT molecular complexity index is 306. The van der Waals surface area contributed by atoms with Gasteiger partial charge < -0.3 is 5.11 Å². The van der Waals surface area contributed by atoms with Gasteiger partial charge in [-0.15, -0.1) is 0 Å². The van der Waals surface area contributed by atoms with Crippen molar-refractivity contribution < 1.29 is 9.90 Å². The fourth-order valence-electron chi connectivity index (χ4n) is 0.700. The van der Waals surface area contributed by atoms with Crippen LogP contribution in [0, 0.1) is 3.57 Å². The van der Waals surface area contributed by atoms with E-state index in [1.807, 2.05) is 6.20 Å². The monoisotopic (exact) mass is 278 g/mol. The standard InChI is InChI=1S/C7H7IN2O2/c8-6-4-9-10(5-6)3-1-2-7(11)12/h1-2,4-5H,3H2,(H,11,12). The van der Waals surface area contributed by atoms with Crippen molar-refractivity contribution in [2.75, 3.05) is 0 Å². The van der Waals surface area contributed by atoms with Gasteiger partial charge in [0.05, 0.1) is 16.3 Å². The summed E-state index contributed by atoms with van der Waals surface area (Å²) in [7, 11) is 0. The molecule has 0 spiro atoms. The lowest BCUT2D eigenvalue weighted by atomic mass is 10.5. The quantitative estimate of drug-likeness (QED) is 0.666. The first kappa shape index (κ1) is 9.24. The van der Waals surface area contributed by atoms with E-state index >= 15 is 0 Å². The van der Waals surface area contributed by atoms with Gasteiger partial charge in [0.1, 0.15) is 0 Å². The number of hydrogen-bond acceptors (Lipinski definition) is 2. The molecule has 4 nitrogen and oxygen atoms in total. The van der Waals surface area contributed by atoms with Crippen molar-refractivity contribution in [3.05, 3.63) is 28.1 Å². The average Bonchev–Trinajstić information content (AvgIpc) is 2.35. The molecule has 1 N–H and O–H groups in total. The van der Waals surface area contributed by atoms with E-state index in [0.717, 1.165) is 9.65 Å². The highest BCUT2D eigenvalue weighted by molar-refractivity contribution is 14.1. The predicted octanol–water partition coefficient (Wildman–Crippen LogP) is 1.13. The van der Waals surface area contributed by atoms with Crippen LogP contribution in [0.3, 0.4) is 0 Å². The molecule has 0 unspecified atom stereocenters. The van der Waals surface area contributed by atoms with Gasteiger partial charge in [-0.1, -0.05) is 6.08 Å². The summed E-state index contributed by atoms with van der Waals surface area (Å²) in [6, 6.07) is 0. The summed E-state index contributed by atoms with van der Waals surface area (Å²) < 4.78 is 2.71. The third-order valence-electron chi connectivity index (χ3n) is 1.15. The fourth-order valence-corrected chi connectivity index (χ4v) is 1.15. The van der Waals surface area contributed by atoms with Crippen molar-refractivity contribution in [3.63, 3.8) is 0 Å². The van der Waals surface area contributed by atoms with E-state index in [-0.39, 0.29) is 0 Å². The van der Waals surface area contributed by atoms with Gasteiger partial charge in [-0.2, -0.15) is 5.10 Å². The van der Waals surface area contributed by atoms with Crippen LogP contribution >= 0.6 is 22.6 Å². The first-order valence-corrected chi connectivity index (χ1v) is 4.34. The Morgan fingerprint density at radius 2 is 2.58 bits per heavy atom. The summed E-state index contributed by atoms with van der Waals surface area (Å²) in [4.78, 5) is 10.1. The van der Waals surface area contributed by atoms with Crippen LogP contribution < -0.4 is 0 Å². The summed E-state index contributed by atoms with van der Waals surface area (Å²) in [6.45, 7) is 0.495. The second-order valence-corrected chi connectivity index (χ2v) is 3.37. The SMILES string of the molecule is O=C(O)C=CCn1cc(I)cn1. The molecule has 12 heavy (non-hydrogen) atoms. The largest absolute Gasteiger partial charge is 0.478 e. The lowest BCUT2D eigenvalue weighted by molar-refractivity contribution is -0.131. The van der Waals surface area contributed by atoms with Crippen molar-refractivity contribution in [1.82, 2.24) is 9.78 Å². The number of carboxylic acids is 1. The second-order valence-electron chi connectivity index (χ2n) is 2.12. The highest BCUT2D eigenvalue weighted by atomic mass is 127. The minimum Gasteiger partial charge on any atom is -0.478 e. The van der Waals surface area contributed by atoms with Gasteiger partial charge in [-0.05, 0) is 22.6 Å². The molecule has 0 aliphatic rings. The van der Waals surface area contributed by atoms with Crippen LogP contribution in [0.25, 0.3) is 0 Å². The molecule has 0 bridgehead atoms. The Hall–Kier alpha value is -0.850. The van der Waals surface area contributed by atoms with Gasteiger partial charge in [0, 0.05) is 12.3 Å². The zero-order chi connectivity index (χ0) is 8.97. The van der Waals surface area contributed by atoms with Crippen LogP contribution in [0.5, 0.6) is 0 Å². The van der Waals surface area contributed by atoms with Crippen LogP contribution in [0.4, 0.5) is 0 Å². The zero-order valence-electron chi connectivity index (χ0n) is 6.14. The number of halogens is 1. The Kier molecular flexibility index (Phi) is 3.27. The first-order chi connectivity index (χ1) is 5.68. The van der Waals surface area contributed by atoms with Crippen LogP contribution in [-0.4, -0.2) is 20.9 Å². The van der Waals surface area contributed by atoms with Gasteiger partial charge in [0.15, 0.2) is 0 Å². The molecule has 1 aromatic heterocycles. The molecule has 0 aromatic carbocycles. The summed E-state index contributed by atoms with van der Waals surface area (Å²) in [5.41, 5.74) is 0. The highest BCUT2D eigenvalue weighted by Crippen LogP contribution is 2.00. The molecule has 5 heteroatoms. The van der Waals surface area contributed by atoms with Crippen molar-refractivity contribution in [1.29, 1.82) is 0 Å². The van der Waals surface area contributed by atoms with Crippen molar-refractivity contribution in [2.45, 2.75) is 6.54 Å². The van der Waals surface area contributed by atoms with Crippen LogP contribution in [-0.2, 0) is 11.3 Å². The van der Waals surface area contributed by atoms with Gasteiger partial charge in [-0.3, -0.25) is 4.68 Å². The Morgan fingerprint density at radius 3 is 3.08 bits per heavy atom. The van der Waals surface area contributed by atoms with Crippen molar-refractivity contribution in [2.24, 2.45) is 0 Å². The van der Waals surface area contributed by atoms with Crippen molar-refractivity contribution in [3.8, 4) is 0 Å². The van der Waals surface area contributed by atoms with E-state index in [9.17, 15) is 4.79 Å². The summed E-state index contributed by atoms with van der Waals surface area (Å²) >= 11 is 2.14. The van der Waals surface area contributed by atoms with E-state index in [4.69, 9.17) is 5.11 Å². The number of aromatic nitrogens is 2. The van der Waals surface area contributed by atoms with Gasteiger partial charge >= 0.3 is 5.97 Å². The molecule has 0 amide bonds. The van der Waals surface area contributed by atoms with Gasteiger partial charge in [0.25, 0.3) is 0 Å². The zero-order valence-corrected chi connectivity index (χ0v) is 8.30. The number of carbonyl (C=O) groups is 1.